The Hall–Kier alpha value is 0.0300. The highest BCUT2D eigenvalue weighted by Crippen LogP contribution is 2.25. The first-order chi connectivity index (χ1) is 5.27. The molecule has 0 heterocycles. The van der Waals surface area contributed by atoms with E-state index < -0.39 is 7.82 Å². The standard InChI is InChI=1S/C5H14N2.H3O4P/c1-6-4-5-7(2)3;1-5(2,3)4/h6H,4-5H2,1-3H3;(H3,1,2,3,4). The second kappa shape index (κ2) is 7.67. The van der Waals surface area contributed by atoms with Crippen LogP contribution in [0.3, 0.4) is 0 Å². The van der Waals surface area contributed by atoms with E-state index in [1.54, 1.807) is 0 Å². The molecule has 76 valence electrons. The third kappa shape index (κ3) is 50.4. The molecule has 0 bridgehead atoms. The van der Waals surface area contributed by atoms with Crippen LogP contribution in [0.25, 0.3) is 0 Å². The van der Waals surface area contributed by atoms with Crippen molar-refractivity contribution in [2.24, 2.45) is 0 Å². The van der Waals surface area contributed by atoms with E-state index in [4.69, 9.17) is 19.2 Å². The lowest BCUT2D eigenvalue weighted by molar-refractivity contribution is 0.275. The second-order valence-corrected chi connectivity index (χ2v) is 3.45. The van der Waals surface area contributed by atoms with E-state index in [9.17, 15) is 0 Å². The molecule has 0 unspecified atom stereocenters. The fourth-order valence-corrected chi connectivity index (χ4v) is 0.335. The molecule has 0 aliphatic carbocycles. The summed E-state index contributed by atoms with van der Waals surface area (Å²) >= 11 is 0. The van der Waals surface area contributed by atoms with Gasteiger partial charge in [-0.15, -0.1) is 0 Å². The van der Waals surface area contributed by atoms with Gasteiger partial charge in [-0.3, -0.25) is 0 Å². The summed E-state index contributed by atoms with van der Waals surface area (Å²) < 4.78 is 8.88. The van der Waals surface area contributed by atoms with Crippen LogP contribution in [0.1, 0.15) is 0 Å². The molecule has 0 aliphatic rings. The van der Waals surface area contributed by atoms with Crippen LogP contribution < -0.4 is 5.32 Å². The maximum atomic E-state index is 8.88. The molecular formula is C5H17N2O4P. The fraction of sp³-hybridized carbons (Fsp3) is 1.00. The Balaban J connectivity index is 0. The number of hydrogen-bond donors (Lipinski definition) is 4. The number of phosphoric acid groups is 1. The minimum absolute atomic E-state index is 1.08. The molecule has 0 aromatic heterocycles. The van der Waals surface area contributed by atoms with E-state index >= 15 is 0 Å². The zero-order valence-electron chi connectivity index (χ0n) is 7.56. The Kier molecular flexibility index (Phi) is 9.30. The quantitative estimate of drug-likeness (QED) is 0.429. The van der Waals surface area contributed by atoms with Crippen LogP contribution in [0.4, 0.5) is 0 Å². The number of nitrogens with one attached hydrogen (secondary N) is 1. The molecule has 0 saturated heterocycles. The molecule has 0 amide bonds. The van der Waals surface area contributed by atoms with Gasteiger partial charge in [0.2, 0.25) is 0 Å². The zero-order valence-corrected chi connectivity index (χ0v) is 8.45. The smallest absolute Gasteiger partial charge is 0.318 e. The number of rotatable bonds is 3. The van der Waals surface area contributed by atoms with Gasteiger partial charge in [0.1, 0.15) is 0 Å². The summed E-state index contributed by atoms with van der Waals surface area (Å²) in [5.74, 6) is 0. The number of hydrogen-bond acceptors (Lipinski definition) is 3. The first-order valence-electron chi connectivity index (χ1n) is 3.35. The predicted octanol–water partition coefficient (Wildman–Crippen LogP) is -1.16. The molecular weight excluding hydrogens is 183 g/mol. The van der Waals surface area contributed by atoms with Gasteiger partial charge in [0.25, 0.3) is 0 Å². The Morgan fingerprint density at radius 2 is 1.67 bits per heavy atom. The van der Waals surface area contributed by atoms with Crippen molar-refractivity contribution in [3.63, 3.8) is 0 Å². The third-order valence-electron chi connectivity index (χ3n) is 0.809. The van der Waals surface area contributed by atoms with Crippen molar-refractivity contribution in [2.75, 3.05) is 34.2 Å². The Morgan fingerprint density at radius 1 is 1.33 bits per heavy atom. The molecule has 0 rings (SSSR count). The van der Waals surface area contributed by atoms with Crippen molar-refractivity contribution in [2.45, 2.75) is 0 Å². The molecule has 0 saturated carbocycles. The monoisotopic (exact) mass is 200 g/mol. The van der Waals surface area contributed by atoms with Crippen LogP contribution in [0.15, 0.2) is 0 Å². The molecule has 6 nitrogen and oxygen atoms in total. The van der Waals surface area contributed by atoms with Gasteiger partial charge < -0.3 is 24.9 Å². The molecule has 0 atom stereocenters. The van der Waals surface area contributed by atoms with Crippen LogP contribution in [0, 0.1) is 0 Å². The molecule has 0 aliphatic heterocycles. The summed E-state index contributed by atoms with van der Waals surface area (Å²) in [5, 5.41) is 3.06. The van der Waals surface area contributed by atoms with Gasteiger partial charge in [0.05, 0.1) is 0 Å². The molecule has 0 fully saturated rings. The zero-order chi connectivity index (χ0) is 10.2. The fourth-order valence-electron chi connectivity index (χ4n) is 0.335. The normalized spacial score (nSPS) is 10.9. The van der Waals surface area contributed by atoms with E-state index in [1.807, 2.05) is 7.05 Å². The van der Waals surface area contributed by atoms with E-state index in [0.29, 0.717) is 0 Å². The predicted molar refractivity (Wildman–Crippen MR) is 46.7 cm³/mol. The Labute approximate surface area is 72.4 Å². The van der Waals surface area contributed by atoms with E-state index in [-0.39, 0.29) is 0 Å². The molecule has 0 aromatic rings. The average molecular weight is 200 g/mol. The van der Waals surface area contributed by atoms with Crippen molar-refractivity contribution in [3.05, 3.63) is 0 Å². The molecule has 0 radical (unpaired) electrons. The molecule has 0 spiro atoms. The van der Waals surface area contributed by atoms with Crippen LogP contribution >= 0.6 is 7.82 Å². The minimum Gasteiger partial charge on any atom is -0.318 e. The highest BCUT2D eigenvalue weighted by molar-refractivity contribution is 7.45. The van der Waals surface area contributed by atoms with Crippen molar-refractivity contribution in [1.29, 1.82) is 0 Å². The topological polar surface area (TPSA) is 93.0 Å². The molecule has 4 N–H and O–H groups in total. The SMILES string of the molecule is CNCCN(C)C.O=P(O)(O)O. The van der Waals surface area contributed by atoms with E-state index in [2.05, 4.69) is 24.3 Å². The summed E-state index contributed by atoms with van der Waals surface area (Å²) in [5.41, 5.74) is 0. The third-order valence-corrected chi connectivity index (χ3v) is 0.809. The molecule has 7 heteroatoms. The maximum Gasteiger partial charge on any atom is 0.466 e. The first-order valence-corrected chi connectivity index (χ1v) is 4.91. The highest BCUT2D eigenvalue weighted by Gasteiger charge is 2.00. The maximum absolute atomic E-state index is 8.88. The number of nitrogens with zero attached hydrogens (tertiary/aromatic N) is 1. The van der Waals surface area contributed by atoms with Crippen LogP contribution in [-0.2, 0) is 4.57 Å². The minimum atomic E-state index is -4.64. The molecule has 12 heavy (non-hydrogen) atoms. The van der Waals surface area contributed by atoms with Crippen molar-refractivity contribution < 1.29 is 19.2 Å². The van der Waals surface area contributed by atoms with Crippen molar-refractivity contribution in [1.82, 2.24) is 10.2 Å². The summed E-state index contributed by atoms with van der Waals surface area (Å²) in [6.07, 6.45) is 0. The molecule has 0 aromatic carbocycles. The lowest BCUT2D eigenvalue weighted by Gasteiger charge is -2.06. The van der Waals surface area contributed by atoms with Crippen LogP contribution in [0.2, 0.25) is 0 Å². The summed E-state index contributed by atoms with van der Waals surface area (Å²) in [6.45, 7) is 2.20. The van der Waals surface area contributed by atoms with Gasteiger partial charge in [0.15, 0.2) is 0 Å². The van der Waals surface area contributed by atoms with Gasteiger partial charge in [-0.2, -0.15) is 0 Å². The Morgan fingerprint density at radius 3 is 1.75 bits per heavy atom. The van der Waals surface area contributed by atoms with E-state index in [0.717, 1.165) is 13.1 Å². The lowest BCUT2D eigenvalue weighted by Crippen LogP contribution is -2.23. The largest absolute Gasteiger partial charge is 0.466 e. The van der Waals surface area contributed by atoms with E-state index in [1.165, 1.54) is 0 Å². The Bertz CT molecular complexity index is 127. The summed E-state index contributed by atoms with van der Waals surface area (Å²) in [7, 11) is 1.46. The van der Waals surface area contributed by atoms with Crippen molar-refractivity contribution >= 4 is 7.82 Å². The van der Waals surface area contributed by atoms with Crippen LogP contribution in [0.5, 0.6) is 0 Å². The van der Waals surface area contributed by atoms with Gasteiger partial charge >= 0.3 is 7.82 Å². The summed E-state index contributed by atoms with van der Waals surface area (Å²) in [6, 6.07) is 0. The van der Waals surface area contributed by atoms with Gasteiger partial charge in [0, 0.05) is 13.1 Å². The second-order valence-electron chi connectivity index (χ2n) is 2.42. The van der Waals surface area contributed by atoms with Crippen LogP contribution in [-0.4, -0.2) is 53.8 Å². The first kappa shape index (κ1) is 14.5. The number of likely N-dealkylation sites (N-methyl/N-ethyl adjacent to an activating group) is 2. The average Bonchev–Trinajstić information content (AvgIpc) is 1.79. The van der Waals surface area contributed by atoms with Gasteiger partial charge in [-0.05, 0) is 21.1 Å². The van der Waals surface area contributed by atoms with Crippen molar-refractivity contribution in [3.8, 4) is 0 Å². The van der Waals surface area contributed by atoms with Gasteiger partial charge in [-0.25, -0.2) is 4.57 Å². The summed E-state index contributed by atoms with van der Waals surface area (Å²) in [4.78, 5) is 23.7. The lowest BCUT2D eigenvalue weighted by atomic mass is 10.6. The highest BCUT2D eigenvalue weighted by atomic mass is 31.2. The van der Waals surface area contributed by atoms with Gasteiger partial charge in [-0.1, -0.05) is 0 Å².